The Balaban J connectivity index is 1.53. The number of hydrogen-bond donors (Lipinski definition) is 1. The van der Waals surface area contributed by atoms with Crippen LogP contribution in [0.25, 0.3) is 30.9 Å². The molecule has 0 aliphatic heterocycles. The van der Waals surface area contributed by atoms with Crippen molar-refractivity contribution in [1.82, 2.24) is 19.5 Å². The standard InChI is InChI=1S/C21H18N4O2S4/c1-4-25-20(27)16-12(13-6-5-7-28-13)8-29-18(16)24-21(25)30-9-14-22-17(26)15-10(2)11(3)31-19(15)23-14/h5-8H,4,9H2,1-3H3,(H,22,23,26). The molecule has 0 unspecified atom stereocenters. The predicted molar refractivity (Wildman–Crippen MR) is 132 cm³/mol. The number of fused-ring (bicyclic) bond motifs is 2. The lowest BCUT2D eigenvalue weighted by Gasteiger charge is -2.10. The van der Waals surface area contributed by atoms with E-state index in [0.29, 0.717) is 34.1 Å². The van der Waals surface area contributed by atoms with Gasteiger partial charge in [-0.3, -0.25) is 14.2 Å². The molecule has 5 aromatic rings. The van der Waals surface area contributed by atoms with Gasteiger partial charge in [0, 0.05) is 27.2 Å². The summed E-state index contributed by atoms with van der Waals surface area (Å²) < 4.78 is 1.70. The summed E-state index contributed by atoms with van der Waals surface area (Å²) >= 11 is 6.06. The first-order valence-corrected chi connectivity index (χ1v) is 13.2. The second kappa shape index (κ2) is 8.01. The van der Waals surface area contributed by atoms with Gasteiger partial charge in [-0.1, -0.05) is 17.8 Å². The van der Waals surface area contributed by atoms with Crippen molar-refractivity contribution in [3.63, 3.8) is 0 Å². The summed E-state index contributed by atoms with van der Waals surface area (Å²) in [5.41, 5.74) is 1.80. The first-order chi connectivity index (χ1) is 15.0. The average Bonchev–Trinajstić information content (AvgIpc) is 3.46. The molecule has 5 rings (SSSR count). The van der Waals surface area contributed by atoms with E-state index >= 15 is 0 Å². The minimum absolute atomic E-state index is 0.0268. The highest BCUT2D eigenvalue weighted by atomic mass is 32.2. The topological polar surface area (TPSA) is 80.6 Å². The van der Waals surface area contributed by atoms with Gasteiger partial charge in [0.05, 0.1) is 16.5 Å². The molecule has 0 saturated carbocycles. The van der Waals surface area contributed by atoms with Gasteiger partial charge in [-0.05, 0) is 37.8 Å². The third-order valence-corrected chi connectivity index (χ3v) is 9.05. The number of hydrogen-bond acceptors (Lipinski definition) is 8. The normalized spacial score (nSPS) is 11.7. The Morgan fingerprint density at radius 1 is 1.13 bits per heavy atom. The molecule has 5 aromatic heterocycles. The van der Waals surface area contributed by atoms with Gasteiger partial charge < -0.3 is 4.98 Å². The van der Waals surface area contributed by atoms with E-state index in [9.17, 15) is 9.59 Å². The molecule has 158 valence electrons. The SMILES string of the molecule is CCn1c(SCc2nc3sc(C)c(C)c3c(=O)[nH]2)nc2scc(-c3cccs3)c2c1=O. The Morgan fingerprint density at radius 3 is 2.71 bits per heavy atom. The Labute approximate surface area is 193 Å². The van der Waals surface area contributed by atoms with Crippen LogP contribution in [0.5, 0.6) is 0 Å². The molecule has 0 atom stereocenters. The Kier molecular flexibility index (Phi) is 5.33. The lowest BCUT2D eigenvalue weighted by atomic mass is 10.2. The average molecular weight is 487 g/mol. The molecular weight excluding hydrogens is 469 g/mol. The molecule has 31 heavy (non-hydrogen) atoms. The van der Waals surface area contributed by atoms with E-state index in [2.05, 4.69) is 9.97 Å². The van der Waals surface area contributed by atoms with Crippen molar-refractivity contribution in [2.45, 2.75) is 38.2 Å². The van der Waals surface area contributed by atoms with Crippen molar-refractivity contribution in [2.24, 2.45) is 0 Å². The van der Waals surface area contributed by atoms with Crippen LogP contribution in [-0.2, 0) is 12.3 Å². The number of nitrogens with zero attached hydrogens (tertiary/aromatic N) is 3. The lowest BCUT2D eigenvalue weighted by molar-refractivity contribution is 0.635. The molecule has 6 nitrogen and oxygen atoms in total. The maximum absolute atomic E-state index is 13.3. The van der Waals surface area contributed by atoms with Crippen LogP contribution in [0.15, 0.2) is 37.6 Å². The summed E-state index contributed by atoms with van der Waals surface area (Å²) in [7, 11) is 0. The maximum atomic E-state index is 13.3. The van der Waals surface area contributed by atoms with E-state index < -0.39 is 0 Å². The van der Waals surface area contributed by atoms with Crippen molar-refractivity contribution in [3.05, 3.63) is 59.9 Å². The fraction of sp³-hybridized carbons (Fsp3) is 0.238. The zero-order valence-corrected chi connectivity index (χ0v) is 20.3. The monoisotopic (exact) mass is 486 g/mol. The summed E-state index contributed by atoms with van der Waals surface area (Å²) in [5, 5.41) is 6.00. The molecule has 0 saturated heterocycles. The van der Waals surface area contributed by atoms with Crippen molar-refractivity contribution >= 4 is 66.2 Å². The molecule has 0 radical (unpaired) electrons. The van der Waals surface area contributed by atoms with Crippen molar-refractivity contribution in [2.75, 3.05) is 0 Å². The minimum atomic E-state index is -0.113. The molecule has 1 N–H and O–H groups in total. The van der Waals surface area contributed by atoms with E-state index in [1.807, 2.05) is 43.7 Å². The number of aryl methyl sites for hydroxylation is 2. The molecule has 5 heterocycles. The van der Waals surface area contributed by atoms with Gasteiger partial charge in [0.25, 0.3) is 11.1 Å². The van der Waals surface area contributed by atoms with Gasteiger partial charge >= 0.3 is 0 Å². The third-order valence-electron chi connectivity index (χ3n) is 5.19. The summed E-state index contributed by atoms with van der Waals surface area (Å²) in [6.07, 6.45) is 0. The van der Waals surface area contributed by atoms with E-state index in [1.165, 1.54) is 34.4 Å². The van der Waals surface area contributed by atoms with Crippen LogP contribution in [0.4, 0.5) is 0 Å². The summed E-state index contributed by atoms with van der Waals surface area (Å²) in [4.78, 5) is 41.8. The van der Waals surface area contributed by atoms with Gasteiger partial charge in [-0.15, -0.1) is 34.0 Å². The minimum Gasteiger partial charge on any atom is -0.309 e. The van der Waals surface area contributed by atoms with Crippen molar-refractivity contribution < 1.29 is 0 Å². The first-order valence-electron chi connectivity index (χ1n) is 9.65. The lowest BCUT2D eigenvalue weighted by Crippen LogP contribution is -2.22. The number of aromatic amines is 1. The van der Waals surface area contributed by atoms with E-state index in [-0.39, 0.29) is 11.1 Å². The largest absolute Gasteiger partial charge is 0.309 e. The zero-order valence-electron chi connectivity index (χ0n) is 17.0. The van der Waals surface area contributed by atoms with Crippen molar-refractivity contribution in [1.29, 1.82) is 0 Å². The summed E-state index contributed by atoms with van der Waals surface area (Å²) in [5.74, 6) is 1.02. The molecule has 10 heteroatoms. The van der Waals surface area contributed by atoms with Crippen LogP contribution < -0.4 is 11.1 Å². The molecular formula is C21H18N4O2S4. The van der Waals surface area contributed by atoms with Crippen LogP contribution in [0, 0.1) is 13.8 Å². The number of nitrogens with one attached hydrogen (secondary N) is 1. The quantitative estimate of drug-likeness (QED) is 0.265. The zero-order chi connectivity index (χ0) is 21.7. The number of thiophene rings is 3. The van der Waals surface area contributed by atoms with Crippen LogP contribution in [-0.4, -0.2) is 19.5 Å². The van der Waals surface area contributed by atoms with Crippen LogP contribution in [0.1, 0.15) is 23.2 Å². The molecule has 0 aromatic carbocycles. The Hall–Kier alpha value is -2.27. The molecule has 0 aliphatic carbocycles. The van der Waals surface area contributed by atoms with Crippen LogP contribution >= 0.6 is 45.8 Å². The summed E-state index contributed by atoms with van der Waals surface area (Å²) in [6, 6.07) is 4.01. The molecule has 0 bridgehead atoms. The second-order valence-corrected chi connectivity index (χ2v) is 11.0. The Bertz CT molecular complexity index is 1540. The van der Waals surface area contributed by atoms with Gasteiger partial charge in [0.15, 0.2) is 5.16 Å². The smallest absolute Gasteiger partial charge is 0.263 e. The van der Waals surface area contributed by atoms with Gasteiger partial charge in [-0.2, -0.15) is 0 Å². The molecule has 0 aliphatic rings. The summed E-state index contributed by atoms with van der Waals surface area (Å²) in [6.45, 7) is 6.42. The van der Waals surface area contributed by atoms with Crippen LogP contribution in [0.2, 0.25) is 0 Å². The van der Waals surface area contributed by atoms with Gasteiger partial charge in [0.1, 0.15) is 15.5 Å². The van der Waals surface area contributed by atoms with Crippen molar-refractivity contribution in [3.8, 4) is 10.4 Å². The highest BCUT2D eigenvalue weighted by Gasteiger charge is 2.18. The highest BCUT2D eigenvalue weighted by molar-refractivity contribution is 7.98. The fourth-order valence-corrected chi connectivity index (χ4v) is 7.29. The number of aromatic nitrogens is 4. The highest BCUT2D eigenvalue weighted by Crippen LogP contribution is 2.35. The molecule has 0 fully saturated rings. The van der Waals surface area contributed by atoms with E-state index in [1.54, 1.807) is 15.9 Å². The number of thioether (sulfide) groups is 1. The van der Waals surface area contributed by atoms with E-state index in [0.717, 1.165) is 30.5 Å². The second-order valence-electron chi connectivity index (χ2n) is 7.02. The van der Waals surface area contributed by atoms with E-state index in [4.69, 9.17) is 4.98 Å². The number of rotatable bonds is 5. The third kappa shape index (κ3) is 3.47. The predicted octanol–water partition coefficient (Wildman–Crippen LogP) is 5.41. The van der Waals surface area contributed by atoms with Gasteiger partial charge in [-0.25, -0.2) is 9.97 Å². The molecule has 0 spiro atoms. The van der Waals surface area contributed by atoms with Crippen LogP contribution in [0.3, 0.4) is 0 Å². The number of H-pyrrole nitrogens is 1. The molecule has 0 amide bonds. The first kappa shape index (κ1) is 20.6. The Morgan fingerprint density at radius 2 is 1.97 bits per heavy atom. The van der Waals surface area contributed by atoms with Gasteiger partial charge in [0.2, 0.25) is 0 Å². The maximum Gasteiger partial charge on any atom is 0.263 e. The fourth-order valence-electron chi connectivity index (χ4n) is 3.51.